The summed E-state index contributed by atoms with van der Waals surface area (Å²) >= 11 is 1.43. The summed E-state index contributed by atoms with van der Waals surface area (Å²) in [7, 11) is 0. The average Bonchev–Trinajstić information content (AvgIpc) is 3.03. The van der Waals surface area contributed by atoms with Crippen molar-refractivity contribution in [2.75, 3.05) is 5.32 Å². The van der Waals surface area contributed by atoms with Gasteiger partial charge >= 0.3 is 6.03 Å². The minimum atomic E-state index is -0.560. The maximum absolute atomic E-state index is 13.7. The normalized spacial score (nSPS) is 17.5. The van der Waals surface area contributed by atoms with E-state index in [1.807, 2.05) is 17.5 Å². The summed E-state index contributed by atoms with van der Waals surface area (Å²) in [6, 6.07) is 8.69. The number of amides is 3. The van der Waals surface area contributed by atoms with Crippen molar-refractivity contribution in [1.82, 2.24) is 10.6 Å². The van der Waals surface area contributed by atoms with Gasteiger partial charge in [0.25, 0.3) is 5.91 Å². The van der Waals surface area contributed by atoms with Crippen molar-refractivity contribution < 1.29 is 14.0 Å². The molecular formula is C16H14FN3O2S. The Bertz CT molecular complexity index is 786. The lowest BCUT2D eigenvalue weighted by atomic mass is 10.0. The van der Waals surface area contributed by atoms with E-state index in [2.05, 4.69) is 16.0 Å². The SMILES string of the molecule is CC1=C(C(=O)Nc2ccccc2F)C(c2cccs2)NC(=O)N1. The van der Waals surface area contributed by atoms with Crippen molar-refractivity contribution in [1.29, 1.82) is 0 Å². The van der Waals surface area contributed by atoms with Crippen LogP contribution >= 0.6 is 11.3 Å². The lowest BCUT2D eigenvalue weighted by Crippen LogP contribution is -2.45. The van der Waals surface area contributed by atoms with E-state index in [0.29, 0.717) is 11.3 Å². The summed E-state index contributed by atoms with van der Waals surface area (Å²) in [6.45, 7) is 1.65. The lowest BCUT2D eigenvalue weighted by Gasteiger charge is -2.27. The number of thiophene rings is 1. The van der Waals surface area contributed by atoms with E-state index < -0.39 is 17.8 Å². The highest BCUT2D eigenvalue weighted by molar-refractivity contribution is 7.10. The molecule has 0 saturated carbocycles. The van der Waals surface area contributed by atoms with Crippen molar-refractivity contribution in [3.05, 3.63) is 63.7 Å². The zero-order valence-electron chi connectivity index (χ0n) is 12.2. The maximum atomic E-state index is 13.7. The second-order valence-corrected chi connectivity index (χ2v) is 6.00. The van der Waals surface area contributed by atoms with E-state index >= 15 is 0 Å². The van der Waals surface area contributed by atoms with Crippen LogP contribution in [0.2, 0.25) is 0 Å². The van der Waals surface area contributed by atoms with Crippen molar-refractivity contribution in [2.45, 2.75) is 13.0 Å². The Hall–Kier alpha value is -2.67. The molecule has 3 N–H and O–H groups in total. The standard InChI is InChI=1S/C16H14FN3O2S/c1-9-13(15(21)19-11-6-3-2-5-10(11)17)14(20-16(22)18-9)12-7-4-8-23-12/h2-8,14H,1H3,(H,19,21)(H2,18,20,22). The molecule has 1 unspecified atom stereocenters. The van der Waals surface area contributed by atoms with Crippen molar-refractivity contribution in [3.63, 3.8) is 0 Å². The van der Waals surface area contributed by atoms with Crippen LogP contribution in [0.4, 0.5) is 14.9 Å². The number of anilines is 1. The highest BCUT2D eigenvalue weighted by Gasteiger charge is 2.31. The summed E-state index contributed by atoms with van der Waals surface area (Å²) in [5, 5.41) is 9.74. The quantitative estimate of drug-likeness (QED) is 0.808. The minimum absolute atomic E-state index is 0.0969. The van der Waals surface area contributed by atoms with E-state index in [1.165, 1.54) is 23.5 Å². The molecule has 1 aliphatic rings. The topological polar surface area (TPSA) is 70.2 Å². The average molecular weight is 331 g/mol. The van der Waals surface area contributed by atoms with Crippen LogP contribution in [-0.4, -0.2) is 11.9 Å². The molecule has 3 rings (SSSR count). The fourth-order valence-corrected chi connectivity index (χ4v) is 3.20. The van der Waals surface area contributed by atoms with Crippen LogP contribution in [0.5, 0.6) is 0 Å². The minimum Gasteiger partial charge on any atom is -0.326 e. The van der Waals surface area contributed by atoms with E-state index in [4.69, 9.17) is 0 Å². The van der Waals surface area contributed by atoms with Crippen LogP contribution < -0.4 is 16.0 Å². The first kappa shape index (κ1) is 15.2. The van der Waals surface area contributed by atoms with Crippen LogP contribution in [0.25, 0.3) is 0 Å². The van der Waals surface area contributed by atoms with Crippen molar-refractivity contribution >= 4 is 29.0 Å². The van der Waals surface area contributed by atoms with Crippen LogP contribution in [0.3, 0.4) is 0 Å². The smallest absolute Gasteiger partial charge is 0.319 e. The third kappa shape index (κ3) is 3.09. The zero-order valence-corrected chi connectivity index (χ0v) is 13.0. The number of nitrogens with one attached hydrogen (secondary N) is 3. The molecule has 1 aromatic carbocycles. The summed E-state index contributed by atoms with van der Waals surface area (Å²) in [4.78, 5) is 25.2. The molecule has 0 radical (unpaired) electrons. The van der Waals surface area contributed by atoms with Gasteiger partial charge in [0.2, 0.25) is 0 Å². The molecule has 1 atom stereocenters. The number of rotatable bonds is 3. The Kier molecular flexibility index (Phi) is 4.12. The van der Waals surface area contributed by atoms with Gasteiger partial charge in [0.15, 0.2) is 0 Å². The molecular weight excluding hydrogens is 317 g/mol. The first-order valence-corrected chi connectivity index (χ1v) is 7.82. The van der Waals surface area contributed by atoms with Crippen LogP contribution in [0, 0.1) is 5.82 Å². The number of allylic oxidation sites excluding steroid dienone is 1. The number of hydrogen-bond donors (Lipinski definition) is 3. The number of carbonyl (C=O) groups excluding carboxylic acids is 2. The number of urea groups is 1. The van der Waals surface area contributed by atoms with Gasteiger partial charge in [-0.2, -0.15) is 0 Å². The summed E-state index contributed by atoms with van der Waals surface area (Å²) in [5.74, 6) is -0.974. The summed E-state index contributed by atoms with van der Waals surface area (Å²) in [6.07, 6.45) is 0. The molecule has 1 aliphatic heterocycles. The van der Waals surface area contributed by atoms with E-state index in [1.54, 1.807) is 19.1 Å². The van der Waals surface area contributed by atoms with Gasteiger partial charge in [-0.1, -0.05) is 18.2 Å². The van der Waals surface area contributed by atoms with E-state index in [0.717, 1.165) is 4.88 Å². The van der Waals surface area contributed by atoms with Crippen molar-refractivity contribution in [2.24, 2.45) is 0 Å². The van der Waals surface area contributed by atoms with Crippen LogP contribution in [-0.2, 0) is 4.79 Å². The Morgan fingerprint density at radius 3 is 2.74 bits per heavy atom. The third-order valence-electron chi connectivity index (χ3n) is 3.46. The molecule has 1 aromatic heterocycles. The molecule has 0 bridgehead atoms. The van der Waals surface area contributed by atoms with Crippen molar-refractivity contribution in [3.8, 4) is 0 Å². The third-order valence-corrected chi connectivity index (χ3v) is 4.40. The molecule has 2 aromatic rings. The van der Waals surface area contributed by atoms with Crippen LogP contribution in [0.1, 0.15) is 17.8 Å². The molecule has 118 valence electrons. The van der Waals surface area contributed by atoms with Gasteiger partial charge in [-0.25, -0.2) is 9.18 Å². The molecule has 0 spiro atoms. The fraction of sp³-hybridized carbons (Fsp3) is 0.125. The van der Waals surface area contributed by atoms with Gasteiger partial charge in [0.05, 0.1) is 17.3 Å². The predicted molar refractivity (Wildman–Crippen MR) is 86.5 cm³/mol. The van der Waals surface area contributed by atoms with Gasteiger partial charge in [0.1, 0.15) is 5.82 Å². The summed E-state index contributed by atoms with van der Waals surface area (Å²) in [5.41, 5.74) is 0.899. The Balaban J connectivity index is 1.94. The Morgan fingerprint density at radius 2 is 2.04 bits per heavy atom. The number of hydrogen-bond acceptors (Lipinski definition) is 3. The number of para-hydroxylation sites is 1. The first-order chi connectivity index (χ1) is 11.1. The second-order valence-electron chi connectivity index (χ2n) is 5.02. The largest absolute Gasteiger partial charge is 0.326 e. The van der Waals surface area contributed by atoms with Gasteiger partial charge in [-0.15, -0.1) is 11.3 Å². The molecule has 0 saturated heterocycles. The maximum Gasteiger partial charge on any atom is 0.319 e. The molecule has 7 heteroatoms. The first-order valence-electron chi connectivity index (χ1n) is 6.94. The number of halogens is 1. The van der Waals surface area contributed by atoms with E-state index in [9.17, 15) is 14.0 Å². The number of carbonyl (C=O) groups is 2. The molecule has 0 fully saturated rings. The molecule has 5 nitrogen and oxygen atoms in total. The van der Waals surface area contributed by atoms with Gasteiger partial charge in [0, 0.05) is 10.6 Å². The van der Waals surface area contributed by atoms with Gasteiger partial charge < -0.3 is 16.0 Å². The Morgan fingerprint density at radius 1 is 1.26 bits per heavy atom. The lowest BCUT2D eigenvalue weighted by molar-refractivity contribution is -0.113. The van der Waals surface area contributed by atoms with Crippen LogP contribution in [0.15, 0.2) is 53.0 Å². The molecule has 2 heterocycles. The number of benzene rings is 1. The monoisotopic (exact) mass is 331 g/mol. The van der Waals surface area contributed by atoms with Gasteiger partial charge in [-0.3, -0.25) is 4.79 Å². The van der Waals surface area contributed by atoms with E-state index in [-0.39, 0.29) is 11.7 Å². The highest BCUT2D eigenvalue weighted by Crippen LogP contribution is 2.30. The molecule has 23 heavy (non-hydrogen) atoms. The molecule has 3 amide bonds. The van der Waals surface area contributed by atoms with Gasteiger partial charge in [-0.05, 0) is 30.5 Å². The second kappa shape index (κ2) is 6.21. The Labute approximate surface area is 136 Å². The highest BCUT2D eigenvalue weighted by atomic mass is 32.1. The fourth-order valence-electron chi connectivity index (χ4n) is 2.42. The molecule has 0 aliphatic carbocycles. The predicted octanol–water partition coefficient (Wildman–Crippen LogP) is 3.15. The zero-order chi connectivity index (χ0) is 16.4. The summed E-state index contributed by atoms with van der Waals surface area (Å²) < 4.78 is 13.7.